The minimum atomic E-state index is -4.59. The molecule has 0 saturated carbocycles. The molecule has 0 amide bonds. The molecule has 0 aliphatic carbocycles. The zero-order chi connectivity index (χ0) is 16.2. The van der Waals surface area contributed by atoms with Crippen molar-refractivity contribution in [2.45, 2.75) is 25.6 Å². The quantitative estimate of drug-likeness (QED) is 0.727. The predicted octanol–water partition coefficient (Wildman–Crippen LogP) is 5.18. The van der Waals surface area contributed by atoms with Crippen LogP contribution < -0.4 is 4.74 Å². The summed E-state index contributed by atoms with van der Waals surface area (Å²) < 4.78 is 44.5. The van der Waals surface area contributed by atoms with Crippen molar-refractivity contribution in [2.75, 3.05) is 0 Å². The van der Waals surface area contributed by atoms with Gasteiger partial charge in [0.15, 0.2) is 5.69 Å². The van der Waals surface area contributed by atoms with Crippen LogP contribution in [0.3, 0.4) is 0 Å². The van der Waals surface area contributed by atoms with Crippen LogP contribution in [0.4, 0.5) is 18.9 Å². The number of hydrogen-bond acceptors (Lipinski definition) is 2. The highest BCUT2D eigenvalue weighted by Gasteiger charge is 2.34. The highest BCUT2D eigenvalue weighted by atomic mass is 19.4. The third-order valence-electron chi connectivity index (χ3n) is 3.06. The third-order valence-corrected chi connectivity index (χ3v) is 3.06. The van der Waals surface area contributed by atoms with Crippen molar-refractivity contribution in [1.82, 2.24) is 4.98 Å². The molecule has 1 unspecified atom stereocenters. The Kier molecular flexibility index (Phi) is 4.66. The minimum absolute atomic E-state index is 0.0669. The van der Waals surface area contributed by atoms with Crippen LogP contribution in [0.25, 0.3) is 4.85 Å². The highest BCUT2D eigenvalue weighted by molar-refractivity contribution is 5.56. The van der Waals surface area contributed by atoms with Gasteiger partial charge in [0.25, 0.3) is 0 Å². The van der Waals surface area contributed by atoms with Crippen molar-refractivity contribution in [3.8, 4) is 5.75 Å². The molecule has 1 aromatic carbocycles. The van der Waals surface area contributed by atoms with Crippen LogP contribution in [0.2, 0.25) is 0 Å². The maximum Gasteiger partial charge on any atom is 0.407 e. The standard InChI is InChI=1S/C16H13F3N2O/c1-3-15(14-6-4-5-9-21-14)22-11-7-8-13(20-2)12(10-11)16(17,18)19/h4-10,15H,3H2,1H3. The number of ether oxygens (including phenoxy) is 1. The van der Waals surface area contributed by atoms with Gasteiger partial charge in [0.2, 0.25) is 0 Å². The molecule has 0 radical (unpaired) electrons. The fourth-order valence-electron chi connectivity index (χ4n) is 2.00. The van der Waals surface area contributed by atoms with Crippen molar-refractivity contribution in [3.63, 3.8) is 0 Å². The molecule has 3 nitrogen and oxygen atoms in total. The molecule has 0 bridgehead atoms. The van der Waals surface area contributed by atoms with E-state index in [0.29, 0.717) is 12.1 Å². The van der Waals surface area contributed by atoms with Crippen LogP contribution in [0.15, 0.2) is 42.6 Å². The van der Waals surface area contributed by atoms with Gasteiger partial charge in [-0.25, -0.2) is 4.85 Å². The van der Waals surface area contributed by atoms with E-state index in [9.17, 15) is 13.2 Å². The van der Waals surface area contributed by atoms with Gasteiger partial charge < -0.3 is 4.74 Å². The number of pyridine rings is 1. The fraction of sp³-hybridized carbons (Fsp3) is 0.250. The first-order valence-electron chi connectivity index (χ1n) is 6.62. The van der Waals surface area contributed by atoms with Crippen LogP contribution in [-0.2, 0) is 6.18 Å². The van der Waals surface area contributed by atoms with E-state index in [1.165, 1.54) is 6.07 Å². The monoisotopic (exact) mass is 306 g/mol. The number of benzene rings is 1. The second kappa shape index (κ2) is 6.48. The molecule has 0 fully saturated rings. The Hall–Kier alpha value is -2.55. The number of nitrogens with zero attached hydrogens (tertiary/aromatic N) is 2. The number of hydrogen-bond donors (Lipinski definition) is 0. The molecule has 1 atom stereocenters. The summed E-state index contributed by atoms with van der Waals surface area (Å²) in [4.78, 5) is 7.05. The summed E-state index contributed by atoms with van der Waals surface area (Å²) in [7, 11) is 0. The van der Waals surface area contributed by atoms with Gasteiger partial charge >= 0.3 is 6.18 Å². The van der Waals surface area contributed by atoms with Crippen molar-refractivity contribution >= 4 is 5.69 Å². The number of alkyl halides is 3. The summed E-state index contributed by atoms with van der Waals surface area (Å²) in [6.45, 7) is 8.68. The number of halogens is 3. The van der Waals surface area contributed by atoms with Crippen LogP contribution in [0.5, 0.6) is 5.75 Å². The highest BCUT2D eigenvalue weighted by Crippen LogP contribution is 2.39. The van der Waals surface area contributed by atoms with E-state index in [1.54, 1.807) is 24.4 Å². The van der Waals surface area contributed by atoms with Crippen molar-refractivity contribution in [3.05, 3.63) is 65.3 Å². The van der Waals surface area contributed by atoms with Crippen LogP contribution >= 0.6 is 0 Å². The van der Waals surface area contributed by atoms with Gasteiger partial charge in [-0.3, -0.25) is 4.98 Å². The van der Waals surface area contributed by atoms with Crippen LogP contribution in [0, 0.1) is 6.57 Å². The fourth-order valence-corrected chi connectivity index (χ4v) is 2.00. The lowest BCUT2D eigenvalue weighted by molar-refractivity contribution is -0.137. The van der Waals surface area contributed by atoms with Gasteiger partial charge in [0, 0.05) is 6.20 Å². The van der Waals surface area contributed by atoms with E-state index < -0.39 is 23.5 Å². The second-order valence-electron chi connectivity index (χ2n) is 4.56. The van der Waals surface area contributed by atoms with E-state index in [2.05, 4.69) is 9.83 Å². The normalized spacial score (nSPS) is 12.5. The number of aromatic nitrogens is 1. The summed E-state index contributed by atoms with van der Waals surface area (Å²) in [5, 5.41) is 0. The first-order valence-corrected chi connectivity index (χ1v) is 6.62. The lowest BCUT2D eigenvalue weighted by Gasteiger charge is -2.18. The molecule has 22 heavy (non-hydrogen) atoms. The lowest BCUT2D eigenvalue weighted by atomic mass is 10.1. The van der Waals surface area contributed by atoms with E-state index in [-0.39, 0.29) is 5.75 Å². The van der Waals surface area contributed by atoms with E-state index in [1.807, 2.05) is 6.92 Å². The summed E-state index contributed by atoms with van der Waals surface area (Å²) >= 11 is 0. The maximum atomic E-state index is 12.9. The molecule has 2 aromatic rings. The first-order chi connectivity index (χ1) is 10.5. The van der Waals surface area contributed by atoms with Crippen molar-refractivity contribution in [1.29, 1.82) is 0 Å². The Morgan fingerprint density at radius 2 is 2.05 bits per heavy atom. The van der Waals surface area contributed by atoms with Gasteiger partial charge in [-0.05, 0) is 30.7 Å². The molecule has 2 rings (SSSR count). The van der Waals surface area contributed by atoms with Crippen molar-refractivity contribution < 1.29 is 17.9 Å². The van der Waals surface area contributed by atoms with Gasteiger partial charge in [0.05, 0.1) is 17.8 Å². The summed E-state index contributed by atoms with van der Waals surface area (Å²) in [6, 6.07) is 8.65. The molecule has 1 heterocycles. The lowest BCUT2D eigenvalue weighted by Crippen LogP contribution is -2.10. The summed E-state index contributed by atoms with van der Waals surface area (Å²) in [5.74, 6) is 0.0669. The van der Waals surface area contributed by atoms with Gasteiger partial charge in [-0.1, -0.05) is 19.1 Å². The Balaban J connectivity index is 2.32. The average Bonchev–Trinajstić information content (AvgIpc) is 2.52. The maximum absolute atomic E-state index is 12.9. The smallest absolute Gasteiger partial charge is 0.407 e. The van der Waals surface area contributed by atoms with Gasteiger partial charge in [0.1, 0.15) is 11.9 Å². The summed E-state index contributed by atoms with van der Waals surface area (Å²) in [6.07, 6.45) is -2.87. The van der Waals surface area contributed by atoms with E-state index in [4.69, 9.17) is 11.3 Å². The Labute approximate surface area is 126 Å². The zero-order valence-corrected chi connectivity index (χ0v) is 11.8. The predicted molar refractivity (Wildman–Crippen MR) is 75.6 cm³/mol. The molecule has 0 saturated heterocycles. The van der Waals surface area contributed by atoms with Crippen LogP contribution in [0.1, 0.15) is 30.7 Å². The molecule has 6 heteroatoms. The molecule has 0 spiro atoms. The first kappa shape index (κ1) is 15.8. The molecule has 0 aliphatic rings. The topological polar surface area (TPSA) is 26.5 Å². The Bertz CT molecular complexity index is 678. The van der Waals surface area contributed by atoms with Crippen LogP contribution in [-0.4, -0.2) is 4.98 Å². The molecule has 114 valence electrons. The summed E-state index contributed by atoms with van der Waals surface area (Å²) in [5.41, 5.74) is -0.783. The van der Waals surface area contributed by atoms with E-state index in [0.717, 1.165) is 12.1 Å². The molecule has 1 aromatic heterocycles. The molecular formula is C16H13F3N2O. The number of rotatable bonds is 4. The third kappa shape index (κ3) is 3.55. The molecule has 0 N–H and O–H groups in total. The Morgan fingerprint density at radius 3 is 2.59 bits per heavy atom. The molecule has 0 aliphatic heterocycles. The Morgan fingerprint density at radius 1 is 1.27 bits per heavy atom. The average molecular weight is 306 g/mol. The van der Waals surface area contributed by atoms with Crippen molar-refractivity contribution in [2.24, 2.45) is 0 Å². The second-order valence-corrected chi connectivity index (χ2v) is 4.56. The molecular weight excluding hydrogens is 293 g/mol. The van der Waals surface area contributed by atoms with Gasteiger partial charge in [-0.15, -0.1) is 0 Å². The zero-order valence-electron chi connectivity index (χ0n) is 11.8. The SMILES string of the molecule is [C-]#[N+]c1ccc(OC(CC)c2ccccn2)cc1C(F)(F)F. The largest absolute Gasteiger partial charge is 0.484 e. The van der Waals surface area contributed by atoms with E-state index >= 15 is 0 Å². The minimum Gasteiger partial charge on any atom is -0.484 e. The van der Waals surface area contributed by atoms with Gasteiger partial charge in [-0.2, -0.15) is 13.2 Å².